The van der Waals surface area contributed by atoms with Crippen LogP contribution in [0.5, 0.6) is 0 Å². The molecule has 1 N–H and O–H groups in total. The van der Waals surface area contributed by atoms with Crippen LogP contribution in [-0.2, 0) is 6.54 Å². The van der Waals surface area contributed by atoms with Crippen LogP contribution in [0.15, 0.2) is 17.8 Å². The summed E-state index contributed by atoms with van der Waals surface area (Å²) in [6, 6.07) is 1.18. The first-order valence-electron chi connectivity index (χ1n) is 7.02. The lowest BCUT2D eigenvalue weighted by molar-refractivity contribution is 0.115. The highest BCUT2D eigenvalue weighted by molar-refractivity contribution is 7.15. The number of thiazole rings is 1. The Labute approximate surface area is 118 Å². The van der Waals surface area contributed by atoms with E-state index < -0.39 is 0 Å². The predicted molar refractivity (Wildman–Crippen MR) is 79.6 cm³/mol. The molecule has 1 aliphatic rings. The molecule has 1 fully saturated rings. The number of piperazine rings is 1. The van der Waals surface area contributed by atoms with Gasteiger partial charge in [-0.3, -0.25) is 9.30 Å². The first kappa shape index (κ1) is 13.1. The van der Waals surface area contributed by atoms with Crippen LogP contribution in [0.3, 0.4) is 0 Å². The molecule has 104 valence electrons. The van der Waals surface area contributed by atoms with Crippen molar-refractivity contribution in [3.8, 4) is 0 Å². The molecule has 2 aromatic heterocycles. The monoisotopic (exact) mass is 278 g/mol. The Morgan fingerprint density at radius 3 is 3.11 bits per heavy atom. The second-order valence-corrected chi connectivity index (χ2v) is 6.74. The van der Waals surface area contributed by atoms with Crippen molar-refractivity contribution >= 4 is 16.3 Å². The number of imidazole rings is 1. The SMILES string of the molecule is CC(C)C1CN(Cc2cn3ccsc3n2)C(C)CN1. The summed E-state index contributed by atoms with van der Waals surface area (Å²) in [6.07, 6.45) is 4.24. The van der Waals surface area contributed by atoms with E-state index in [2.05, 4.69) is 53.2 Å². The molecule has 0 aromatic carbocycles. The zero-order chi connectivity index (χ0) is 13.4. The average molecular weight is 278 g/mol. The van der Waals surface area contributed by atoms with Gasteiger partial charge in [-0.1, -0.05) is 13.8 Å². The lowest BCUT2D eigenvalue weighted by Gasteiger charge is -2.40. The Bertz CT molecular complexity index is 516. The third kappa shape index (κ3) is 2.68. The normalized spacial score (nSPS) is 25.5. The van der Waals surface area contributed by atoms with E-state index in [0.29, 0.717) is 18.0 Å². The molecule has 0 saturated carbocycles. The van der Waals surface area contributed by atoms with Gasteiger partial charge in [-0.2, -0.15) is 0 Å². The number of aromatic nitrogens is 2. The standard InChI is InChI=1S/C14H22N4S/c1-10(2)13-9-18(11(3)6-15-13)8-12-7-17-4-5-19-14(17)16-12/h4-5,7,10-11,13,15H,6,8-9H2,1-3H3. The van der Waals surface area contributed by atoms with E-state index >= 15 is 0 Å². The summed E-state index contributed by atoms with van der Waals surface area (Å²) in [5.41, 5.74) is 1.18. The maximum absolute atomic E-state index is 4.69. The maximum Gasteiger partial charge on any atom is 0.193 e. The van der Waals surface area contributed by atoms with Gasteiger partial charge in [0.25, 0.3) is 0 Å². The zero-order valence-corrected chi connectivity index (χ0v) is 12.7. The number of fused-ring (bicyclic) bond motifs is 1. The van der Waals surface area contributed by atoms with Gasteiger partial charge in [-0.25, -0.2) is 4.98 Å². The van der Waals surface area contributed by atoms with E-state index in [4.69, 9.17) is 4.98 Å². The van der Waals surface area contributed by atoms with Crippen molar-refractivity contribution < 1.29 is 0 Å². The van der Waals surface area contributed by atoms with Crippen molar-refractivity contribution in [1.29, 1.82) is 0 Å². The predicted octanol–water partition coefficient (Wildman–Crippen LogP) is 2.21. The number of hydrogen-bond donors (Lipinski definition) is 1. The number of rotatable bonds is 3. The fourth-order valence-corrected chi connectivity index (χ4v) is 3.39. The van der Waals surface area contributed by atoms with Crippen LogP contribution >= 0.6 is 11.3 Å². The largest absolute Gasteiger partial charge is 0.311 e. The third-order valence-corrected chi connectivity index (χ3v) is 4.81. The number of hydrogen-bond acceptors (Lipinski definition) is 4. The zero-order valence-electron chi connectivity index (χ0n) is 11.8. The van der Waals surface area contributed by atoms with Crippen LogP contribution in [0, 0.1) is 5.92 Å². The first-order chi connectivity index (χ1) is 9.13. The van der Waals surface area contributed by atoms with E-state index in [0.717, 1.165) is 24.6 Å². The summed E-state index contributed by atoms with van der Waals surface area (Å²) in [7, 11) is 0. The minimum atomic E-state index is 0.578. The molecule has 3 rings (SSSR count). The average Bonchev–Trinajstić information content (AvgIpc) is 2.92. The Kier molecular flexibility index (Phi) is 3.60. The number of nitrogens with one attached hydrogen (secondary N) is 1. The van der Waals surface area contributed by atoms with Crippen molar-refractivity contribution in [1.82, 2.24) is 19.6 Å². The van der Waals surface area contributed by atoms with Crippen LogP contribution in [0.1, 0.15) is 26.5 Å². The van der Waals surface area contributed by atoms with Crippen LogP contribution in [0.4, 0.5) is 0 Å². The van der Waals surface area contributed by atoms with Gasteiger partial charge in [0, 0.05) is 49.5 Å². The molecule has 1 aliphatic heterocycles. The van der Waals surface area contributed by atoms with Crippen molar-refractivity contribution in [3.63, 3.8) is 0 Å². The highest BCUT2D eigenvalue weighted by Gasteiger charge is 2.27. The molecule has 5 heteroatoms. The van der Waals surface area contributed by atoms with Gasteiger partial charge in [0.05, 0.1) is 5.69 Å². The maximum atomic E-state index is 4.69. The van der Waals surface area contributed by atoms with Crippen LogP contribution in [-0.4, -0.2) is 39.5 Å². The minimum Gasteiger partial charge on any atom is -0.311 e. The molecule has 1 saturated heterocycles. The van der Waals surface area contributed by atoms with Crippen molar-refractivity contribution in [2.45, 2.75) is 39.4 Å². The molecule has 2 unspecified atom stereocenters. The quantitative estimate of drug-likeness (QED) is 0.934. The molecule has 19 heavy (non-hydrogen) atoms. The molecule has 4 nitrogen and oxygen atoms in total. The second kappa shape index (κ2) is 5.23. The van der Waals surface area contributed by atoms with Gasteiger partial charge in [0.2, 0.25) is 0 Å². The Balaban J connectivity index is 1.71. The highest BCUT2D eigenvalue weighted by Crippen LogP contribution is 2.17. The van der Waals surface area contributed by atoms with Gasteiger partial charge in [0.15, 0.2) is 4.96 Å². The van der Waals surface area contributed by atoms with Gasteiger partial charge >= 0.3 is 0 Å². The van der Waals surface area contributed by atoms with E-state index in [1.807, 2.05) is 0 Å². The summed E-state index contributed by atoms with van der Waals surface area (Å²) >= 11 is 1.70. The topological polar surface area (TPSA) is 32.6 Å². The minimum absolute atomic E-state index is 0.578. The third-order valence-electron chi connectivity index (χ3n) is 4.04. The molecular weight excluding hydrogens is 256 g/mol. The summed E-state index contributed by atoms with van der Waals surface area (Å²) in [5, 5.41) is 5.72. The van der Waals surface area contributed by atoms with E-state index in [1.165, 1.54) is 5.69 Å². The van der Waals surface area contributed by atoms with Crippen molar-refractivity contribution in [3.05, 3.63) is 23.5 Å². The van der Waals surface area contributed by atoms with Crippen LogP contribution < -0.4 is 5.32 Å². The fraction of sp³-hybridized carbons (Fsp3) is 0.643. The smallest absolute Gasteiger partial charge is 0.193 e. The van der Waals surface area contributed by atoms with E-state index in [1.54, 1.807) is 11.3 Å². The Morgan fingerprint density at radius 1 is 1.53 bits per heavy atom. The van der Waals surface area contributed by atoms with E-state index in [9.17, 15) is 0 Å². The molecule has 0 bridgehead atoms. The second-order valence-electron chi connectivity index (χ2n) is 5.86. The highest BCUT2D eigenvalue weighted by atomic mass is 32.1. The molecule has 0 aliphatic carbocycles. The molecular formula is C14H22N4S. The van der Waals surface area contributed by atoms with E-state index in [-0.39, 0.29) is 0 Å². The molecule has 3 heterocycles. The first-order valence-corrected chi connectivity index (χ1v) is 7.90. The Morgan fingerprint density at radius 2 is 2.37 bits per heavy atom. The summed E-state index contributed by atoms with van der Waals surface area (Å²) in [5.74, 6) is 0.681. The van der Waals surface area contributed by atoms with Crippen LogP contribution in [0.25, 0.3) is 4.96 Å². The Hall–Kier alpha value is -0.910. The van der Waals surface area contributed by atoms with Gasteiger partial charge in [-0.05, 0) is 12.8 Å². The van der Waals surface area contributed by atoms with Gasteiger partial charge < -0.3 is 5.32 Å². The fourth-order valence-electron chi connectivity index (χ4n) is 2.68. The molecule has 0 radical (unpaired) electrons. The molecule has 2 atom stereocenters. The summed E-state index contributed by atoms with van der Waals surface area (Å²) in [6.45, 7) is 10.0. The molecule has 0 spiro atoms. The molecule has 0 amide bonds. The number of nitrogens with zero attached hydrogens (tertiary/aromatic N) is 3. The van der Waals surface area contributed by atoms with Crippen molar-refractivity contribution in [2.75, 3.05) is 13.1 Å². The van der Waals surface area contributed by atoms with Gasteiger partial charge in [0.1, 0.15) is 0 Å². The van der Waals surface area contributed by atoms with Crippen molar-refractivity contribution in [2.24, 2.45) is 5.92 Å². The molecule has 2 aromatic rings. The summed E-state index contributed by atoms with van der Waals surface area (Å²) < 4.78 is 2.12. The lowest BCUT2D eigenvalue weighted by atomic mass is 10.00. The van der Waals surface area contributed by atoms with Gasteiger partial charge in [-0.15, -0.1) is 11.3 Å². The lowest BCUT2D eigenvalue weighted by Crippen LogP contribution is -2.56. The summed E-state index contributed by atoms with van der Waals surface area (Å²) in [4.78, 5) is 8.34. The van der Waals surface area contributed by atoms with Crippen LogP contribution in [0.2, 0.25) is 0 Å².